The van der Waals surface area contributed by atoms with Gasteiger partial charge in [0.05, 0.1) is 12.1 Å². The summed E-state index contributed by atoms with van der Waals surface area (Å²) in [5.74, 6) is -2.78. The van der Waals surface area contributed by atoms with Crippen LogP contribution in [0.1, 0.15) is 5.56 Å². The minimum absolute atomic E-state index is 0.00397. The summed E-state index contributed by atoms with van der Waals surface area (Å²) < 4.78 is 62.1. The molecule has 0 saturated carbocycles. The van der Waals surface area contributed by atoms with E-state index in [-0.39, 0.29) is 44.1 Å². The number of alkyl halides is 3. The molecule has 9 nitrogen and oxygen atoms in total. The van der Waals surface area contributed by atoms with Crippen LogP contribution in [0.15, 0.2) is 42.3 Å². The standard InChI is InChI=1S/C20H13BrF4N4O5S/c1-28-16(31)14-9(15(21)33-17(14)29(2)19(28)32)6-13(30)27-18-26-11(7-35-18)8-3-4-12(10(22)5-8)34-20(23,24)25/h3-5,7H,6H2,1-2H3,(H,26,27,30). The Morgan fingerprint density at radius 2 is 1.97 bits per heavy atom. The summed E-state index contributed by atoms with van der Waals surface area (Å²) in [4.78, 5) is 41.5. The summed E-state index contributed by atoms with van der Waals surface area (Å²) in [6, 6.07) is 2.85. The molecule has 4 aromatic rings. The van der Waals surface area contributed by atoms with Gasteiger partial charge in [0.1, 0.15) is 5.39 Å². The molecular weight excluding hydrogens is 564 g/mol. The predicted molar refractivity (Wildman–Crippen MR) is 121 cm³/mol. The van der Waals surface area contributed by atoms with Crippen molar-refractivity contribution < 1.29 is 31.5 Å². The first-order valence-electron chi connectivity index (χ1n) is 9.53. The van der Waals surface area contributed by atoms with Gasteiger partial charge in [-0.25, -0.2) is 14.2 Å². The molecule has 0 radical (unpaired) electrons. The number of hydrogen-bond acceptors (Lipinski definition) is 7. The third-order valence-corrected chi connectivity index (χ3v) is 6.28. The van der Waals surface area contributed by atoms with E-state index in [0.29, 0.717) is 0 Å². The highest BCUT2D eigenvalue weighted by Gasteiger charge is 2.32. The second kappa shape index (κ2) is 8.96. The molecule has 35 heavy (non-hydrogen) atoms. The number of carbonyl (C=O) groups excluding carboxylic acids is 1. The van der Waals surface area contributed by atoms with Gasteiger partial charge in [0.2, 0.25) is 11.6 Å². The number of ether oxygens (including phenoxy) is 1. The topological polar surface area (TPSA) is 108 Å². The number of fused-ring (bicyclic) bond motifs is 1. The summed E-state index contributed by atoms with van der Waals surface area (Å²) in [5.41, 5.74) is -0.609. The zero-order chi connectivity index (χ0) is 25.7. The quantitative estimate of drug-likeness (QED) is 0.361. The highest BCUT2D eigenvalue weighted by Crippen LogP contribution is 2.32. The first kappa shape index (κ1) is 24.7. The van der Waals surface area contributed by atoms with E-state index in [0.717, 1.165) is 32.6 Å². The van der Waals surface area contributed by atoms with Crippen LogP contribution in [-0.2, 0) is 25.3 Å². The largest absolute Gasteiger partial charge is 0.573 e. The molecule has 0 aliphatic rings. The molecule has 0 atom stereocenters. The zero-order valence-corrected chi connectivity index (χ0v) is 20.1. The van der Waals surface area contributed by atoms with Gasteiger partial charge in [-0.15, -0.1) is 24.5 Å². The molecule has 0 unspecified atom stereocenters. The molecule has 15 heteroatoms. The van der Waals surface area contributed by atoms with Crippen molar-refractivity contribution in [2.45, 2.75) is 12.8 Å². The molecule has 1 aromatic carbocycles. The number of thiazole rings is 1. The lowest BCUT2D eigenvalue weighted by Crippen LogP contribution is -2.36. The van der Waals surface area contributed by atoms with E-state index in [2.05, 4.69) is 31.0 Å². The van der Waals surface area contributed by atoms with Gasteiger partial charge in [-0.05, 0) is 34.1 Å². The summed E-state index contributed by atoms with van der Waals surface area (Å²) in [6.07, 6.45) is -5.33. The van der Waals surface area contributed by atoms with Crippen molar-refractivity contribution in [1.82, 2.24) is 14.1 Å². The number of aryl methyl sites for hydroxylation is 1. The Kier molecular flexibility index (Phi) is 6.31. The maximum absolute atomic E-state index is 14.0. The van der Waals surface area contributed by atoms with Crippen molar-refractivity contribution in [3.8, 4) is 17.0 Å². The second-order valence-corrected chi connectivity index (χ2v) is 8.77. The van der Waals surface area contributed by atoms with Gasteiger partial charge < -0.3 is 14.5 Å². The number of rotatable bonds is 5. The fourth-order valence-corrected chi connectivity index (χ4v) is 4.49. The van der Waals surface area contributed by atoms with Crippen LogP contribution in [0.3, 0.4) is 0 Å². The molecule has 3 heterocycles. The van der Waals surface area contributed by atoms with Crippen LogP contribution in [0.5, 0.6) is 5.75 Å². The molecule has 0 spiro atoms. The Morgan fingerprint density at radius 1 is 1.26 bits per heavy atom. The predicted octanol–water partition coefficient (Wildman–Crippen LogP) is 3.94. The van der Waals surface area contributed by atoms with E-state index in [4.69, 9.17) is 4.42 Å². The molecule has 0 aliphatic carbocycles. The summed E-state index contributed by atoms with van der Waals surface area (Å²) in [7, 11) is 2.72. The number of furan rings is 1. The average Bonchev–Trinajstić information content (AvgIpc) is 3.36. The first-order valence-corrected chi connectivity index (χ1v) is 11.2. The van der Waals surface area contributed by atoms with Gasteiger partial charge in [0, 0.05) is 30.6 Å². The Balaban J connectivity index is 1.54. The lowest BCUT2D eigenvalue weighted by molar-refractivity contribution is -0.275. The van der Waals surface area contributed by atoms with Crippen LogP contribution in [0.4, 0.5) is 22.7 Å². The van der Waals surface area contributed by atoms with E-state index in [1.54, 1.807) is 0 Å². The molecule has 0 saturated heterocycles. The Hall–Kier alpha value is -3.46. The molecular formula is C20H13BrF4N4O5S. The Bertz CT molecular complexity index is 1590. The first-order chi connectivity index (χ1) is 16.4. The summed E-state index contributed by atoms with van der Waals surface area (Å²) >= 11 is 4.17. The second-order valence-electron chi connectivity index (χ2n) is 7.20. The number of amides is 1. The number of carbonyl (C=O) groups is 1. The fourth-order valence-electron chi connectivity index (χ4n) is 3.26. The van der Waals surface area contributed by atoms with Crippen molar-refractivity contribution >= 4 is 49.4 Å². The van der Waals surface area contributed by atoms with Crippen molar-refractivity contribution in [1.29, 1.82) is 0 Å². The number of nitrogens with one attached hydrogen (secondary N) is 1. The number of aromatic nitrogens is 3. The molecule has 4 rings (SSSR count). The Labute approximate surface area is 204 Å². The van der Waals surface area contributed by atoms with Crippen LogP contribution in [0.25, 0.3) is 22.4 Å². The minimum Gasteiger partial charge on any atom is -0.432 e. The van der Waals surface area contributed by atoms with Crippen molar-refractivity contribution in [2.75, 3.05) is 5.32 Å². The number of nitrogens with zero attached hydrogens (tertiary/aromatic N) is 3. The van der Waals surface area contributed by atoms with Gasteiger partial charge in [0.15, 0.2) is 21.4 Å². The maximum Gasteiger partial charge on any atom is 0.573 e. The molecule has 0 aliphatic heterocycles. The van der Waals surface area contributed by atoms with Crippen molar-refractivity contribution in [3.05, 3.63) is 60.5 Å². The van der Waals surface area contributed by atoms with Gasteiger partial charge in [-0.3, -0.25) is 18.7 Å². The van der Waals surface area contributed by atoms with Crippen molar-refractivity contribution in [2.24, 2.45) is 14.1 Å². The lowest BCUT2D eigenvalue weighted by atomic mass is 10.1. The molecule has 0 fully saturated rings. The molecule has 1 amide bonds. The SMILES string of the molecule is Cn1c(=O)c2c(CC(=O)Nc3nc(-c4ccc(OC(F)(F)F)c(F)c4)cs3)c(Br)oc2n(C)c1=O. The Morgan fingerprint density at radius 3 is 2.63 bits per heavy atom. The van der Waals surface area contributed by atoms with E-state index in [1.165, 1.54) is 25.5 Å². The molecule has 0 bridgehead atoms. The van der Waals surface area contributed by atoms with Crippen LogP contribution in [0, 0.1) is 5.82 Å². The summed E-state index contributed by atoms with van der Waals surface area (Å²) in [6.45, 7) is 0. The van der Waals surface area contributed by atoms with Gasteiger partial charge >= 0.3 is 12.1 Å². The van der Waals surface area contributed by atoms with Crippen molar-refractivity contribution in [3.63, 3.8) is 0 Å². The minimum atomic E-state index is -5.03. The van der Waals surface area contributed by atoms with E-state index < -0.39 is 35.1 Å². The van der Waals surface area contributed by atoms with E-state index >= 15 is 0 Å². The highest BCUT2D eigenvalue weighted by molar-refractivity contribution is 9.10. The highest BCUT2D eigenvalue weighted by atomic mass is 79.9. The number of halogens is 5. The van der Waals surface area contributed by atoms with Crippen LogP contribution in [0.2, 0.25) is 0 Å². The normalized spacial score (nSPS) is 11.7. The zero-order valence-electron chi connectivity index (χ0n) is 17.7. The smallest absolute Gasteiger partial charge is 0.432 e. The lowest BCUT2D eigenvalue weighted by Gasteiger charge is -2.10. The monoisotopic (exact) mass is 576 g/mol. The third kappa shape index (κ3) is 4.86. The van der Waals surface area contributed by atoms with Crippen LogP contribution in [-0.4, -0.2) is 26.4 Å². The van der Waals surface area contributed by atoms with E-state index in [9.17, 15) is 31.9 Å². The number of benzene rings is 1. The number of hydrogen-bond donors (Lipinski definition) is 1. The molecule has 3 aromatic heterocycles. The average molecular weight is 577 g/mol. The van der Waals surface area contributed by atoms with Crippen LogP contribution >= 0.6 is 27.3 Å². The van der Waals surface area contributed by atoms with Gasteiger partial charge in [-0.2, -0.15) is 0 Å². The van der Waals surface area contributed by atoms with Gasteiger partial charge in [0.25, 0.3) is 5.56 Å². The number of anilines is 1. The van der Waals surface area contributed by atoms with Crippen LogP contribution < -0.4 is 21.3 Å². The summed E-state index contributed by atoms with van der Waals surface area (Å²) in [5, 5.41) is 4.21. The van der Waals surface area contributed by atoms with E-state index in [1.807, 2.05) is 0 Å². The fraction of sp³-hybridized carbons (Fsp3) is 0.200. The third-order valence-electron chi connectivity index (χ3n) is 4.88. The molecule has 184 valence electrons. The molecule has 1 N–H and O–H groups in total. The maximum atomic E-state index is 14.0. The van der Waals surface area contributed by atoms with Gasteiger partial charge in [-0.1, -0.05) is 0 Å².